The third-order valence-corrected chi connectivity index (χ3v) is 4.05. The summed E-state index contributed by atoms with van der Waals surface area (Å²) in [5.41, 5.74) is 0. The maximum absolute atomic E-state index is 13.3. The molecule has 0 atom stereocenters. The molecule has 16 heavy (non-hydrogen) atoms. The molecule has 1 rings (SSSR count). The van der Waals surface area contributed by atoms with Gasteiger partial charge in [0.1, 0.15) is 10.7 Å². The van der Waals surface area contributed by atoms with Gasteiger partial charge in [-0.25, -0.2) is 17.1 Å². The molecular formula is C10H14FNO3S. The van der Waals surface area contributed by atoms with Gasteiger partial charge in [-0.15, -0.1) is 0 Å². The van der Waals surface area contributed by atoms with Crippen molar-refractivity contribution in [2.24, 2.45) is 0 Å². The topological polar surface area (TPSA) is 57.6 Å². The monoisotopic (exact) mass is 247 g/mol. The summed E-state index contributed by atoms with van der Waals surface area (Å²) in [7, 11) is -2.44. The molecule has 0 aliphatic heterocycles. The average Bonchev–Trinajstić information content (AvgIpc) is 2.26. The number of halogens is 1. The highest BCUT2D eigenvalue weighted by Crippen LogP contribution is 2.17. The van der Waals surface area contributed by atoms with Gasteiger partial charge in [0.15, 0.2) is 0 Å². The highest BCUT2D eigenvalue weighted by atomic mass is 32.2. The predicted molar refractivity (Wildman–Crippen MR) is 57.9 cm³/mol. The fourth-order valence-corrected chi connectivity index (χ4v) is 2.51. The van der Waals surface area contributed by atoms with E-state index in [1.165, 1.54) is 25.2 Å². The van der Waals surface area contributed by atoms with Crippen LogP contribution < -0.4 is 0 Å². The van der Waals surface area contributed by atoms with Crippen LogP contribution in [-0.2, 0) is 10.0 Å². The van der Waals surface area contributed by atoms with Gasteiger partial charge in [-0.1, -0.05) is 12.1 Å². The molecule has 0 heterocycles. The van der Waals surface area contributed by atoms with Gasteiger partial charge < -0.3 is 5.11 Å². The van der Waals surface area contributed by atoms with E-state index in [4.69, 9.17) is 5.11 Å². The molecule has 1 aromatic rings. The number of aliphatic hydroxyl groups is 1. The van der Waals surface area contributed by atoms with E-state index in [0.717, 1.165) is 10.4 Å². The van der Waals surface area contributed by atoms with Crippen molar-refractivity contribution in [2.75, 3.05) is 20.2 Å². The molecule has 0 aromatic heterocycles. The van der Waals surface area contributed by atoms with Crippen LogP contribution in [0.1, 0.15) is 6.42 Å². The lowest BCUT2D eigenvalue weighted by Crippen LogP contribution is -2.29. The molecule has 0 bridgehead atoms. The molecule has 0 spiro atoms. The Morgan fingerprint density at radius 2 is 2.00 bits per heavy atom. The van der Waals surface area contributed by atoms with Crippen LogP contribution in [0.3, 0.4) is 0 Å². The maximum atomic E-state index is 13.3. The van der Waals surface area contributed by atoms with Crippen molar-refractivity contribution in [3.63, 3.8) is 0 Å². The smallest absolute Gasteiger partial charge is 0.245 e. The zero-order valence-electron chi connectivity index (χ0n) is 8.93. The number of benzene rings is 1. The van der Waals surface area contributed by atoms with E-state index in [0.29, 0.717) is 6.42 Å². The number of rotatable bonds is 5. The first-order valence-electron chi connectivity index (χ1n) is 4.82. The van der Waals surface area contributed by atoms with E-state index < -0.39 is 15.8 Å². The summed E-state index contributed by atoms with van der Waals surface area (Å²) in [4.78, 5) is -0.338. The predicted octanol–water partition coefficient (Wildman–Crippen LogP) is 0.829. The molecule has 90 valence electrons. The molecule has 1 N–H and O–H groups in total. The Hall–Kier alpha value is -0.980. The summed E-state index contributed by atoms with van der Waals surface area (Å²) in [5, 5.41) is 8.61. The summed E-state index contributed by atoms with van der Waals surface area (Å²) < 4.78 is 38.1. The van der Waals surface area contributed by atoms with Gasteiger partial charge in [0.25, 0.3) is 0 Å². The molecule has 0 aliphatic rings. The highest BCUT2D eigenvalue weighted by molar-refractivity contribution is 7.89. The Kier molecular flexibility index (Phi) is 4.40. The second kappa shape index (κ2) is 5.38. The first-order valence-corrected chi connectivity index (χ1v) is 6.26. The van der Waals surface area contributed by atoms with E-state index in [1.54, 1.807) is 0 Å². The molecule has 1 aromatic carbocycles. The molecule has 0 fully saturated rings. The molecule has 6 heteroatoms. The van der Waals surface area contributed by atoms with Crippen LogP contribution in [0.25, 0.3) is 0 Å². The number of sulfonamides is 1. The minimum atomic E-state index is -3.79. The highest BCUT2D eigenvalue weighted by Gasteiger charge is 2.23. The fraction of sp³-hybridized carbons (Fsp3) is 0.400. The standard InChI is InChI=1S/C10H14FNO3S/c1-12(7-4-8-13)16(14,15)10-6-3-2-5-9(10)11/h2-3,5-6,13H,4,7-8H2,1H3. The SMILES string of the molecule is CN(CCCO)S(=O)(=O)c1ccccc1F. The number of hydrogen-bond acceptors (Lipinski definition) is 3. The summed E-state index contributed by atoms with van der Waals surface area (Å²) >= 11 is 0. The summed E-state index contributed by atoms with van der Waals surface area (Å²) in [6.07, 6.45) is 0.324. The molecule has 0 amide bonds. The molecule has 0 saturated carbocycles. The van der Waals surface area contributed by atoms with Gasteiger partial charge in [-0.05, 0) is 18.6 Å². The van der Waals surface area contributed by atoms with Crippen molar-refractivity contribution in [1.29, 1.82) is 0 Å². The lowest BCUT2D eigenvalue weighted by Gasteiger charge is -2.16. The van der Waals surface area contributed by atoms with Crippen molar-refractivity contribution in [1.82, 2.24) is 4.31 Å². The van der Waals surface area contributed by atoms with Gasteiger partial charge in [0, 0.05) is 20.2 Å². The van der Waals surface area contributed by atoms with Crippen LogP contribution in [0.5, 0.6) is 0 Å². The number of hydrogen-bond donors (Lipinski definition) is 1. The Bertz CT molecular complexity index is 447. The van der Waals surface area contributed by atoms with E-state index in [9.17, 15) is 12.8 Å². The largest absolute Gasteiger partial charge is 0.396 e. The lowest BCUT2D eigenvalue weighted by atomic mass is 10.4. The lowest BCUT2D eigenvalue weighted by molar-refractivity contribution is 0.275. The Morgan fingerprint density at radius 1 is 1.38 bits per heavy atom. The fourth-order valence-electron chi connectivity index (χ4n) is 1.24. The molecule has 4 nitrogen and oxygen atoms in total. The van der Waals surface area contributed by atoms with E-state index >= 15 is 0 Å². The number of nitrogens with zero attached hydrogens (tertiary/aromatic N) is 1. The van der Waals surface area contributed by atoms with Crippen molar-refractivity contribution in [2.45, 2.75) is 11.3 Å². The number of aliphatic hydroxyl groups excluding tert-OH is 1. The van der Waals surface area contributed by atoms with Gasteiger partial charge in [0.2, 0.25) is 10.0 Å². The second-order valence-corrected chi connectivity index (χ2v) is 5.35. The maximum Gasteiger partial charge on any atom is 0.245 e. The molecule has 0 unspecified atom stereocenters. The van der Waals surface area contributed by atoms with Gasteiger partial charge in [0.05, 0.1) is 0 Å². The molecule has 0 saturated heterocycles. The quantitative estimate of drug-likeness (QED) is 0.838. The van der Waals surface area contributed by atoms with Gasteiger partial charge in [-0.2, -0.15) is 0 Å². The van der Waals surface area contributed by atoms with Crippen LogP contribution in [0.2, 0.25) is 0 Å². The van der Waals surface area contributed by atoms with E-state index in [-0.39, 0.29) is 18.0 Å². The van der Waals surface area contributed by atoms with Crippen LogP contribution in [0.15, 0.2) is 29.2 Å². The molecular weight excluding hydrogens is 233 g/mol. The van der Waals surface area contributed by atoms with Gasteiger partial charge in [-0.3, -0.25) is 0 Å². The van der Waals surface area contributed by atoms with Crippen molar-refractivity contribution in [3.8, 4) is 0 Å². The second-order valence-electron chi connectivity index (χ2n) is 3.33. The summed E-state index contributed by atoms with van der Waals surface area (Å²) in [6.45, 7) is 0.0598. The first kappa shape index (κ1) is 13.1. The summed E-state index contributed by atoms with van der Waals surface area (Å²) in [5.74, 6) is -0.765. The van der Waals surface area contributed by atoms with Crippen molar-refractivity contribution in [3.05, 3.63) is 30.1 Å². The van der Waals surface area contributed by atoms with Crippen LogP contribution in [0, 0.1) is 5.82 Å². The summed E-state index contributed by atoms with van der Waals surface area (Å²) in [6, 6.07) is 5.23. The molecule has 0 radical (unpaired) electrons. The van der Waals surface area contributed by atoms with Crippen LogP contribution in [0.4, 0.5) is 4.39 Å². The van der Waals surface area contributed by atoms with Crippen LogP contribution >= 0.6 is 0 Å². The van der Waals surface area contributed by atoms with Crippen molar-refractivity contribution >= 4 is 10.0 Å². The normalized spacial score (nSPS) is 12.0. The third-order valence-electron chi connectivity index (χ3n) is 2.16. The van der Waals surface area contributed by atoms with Gasteiger partial charge >= 0.3 is 0 Å². The first-order chi connectivity index (χ1) is 7.50. The van der Waals surface area contributed by atoms with Crippen LogP contribution in [-0.4, -0.2) is 38.0 Å². The third kappa shape index (κ3) is 2.78. The Labute approximate surface area is 94.4 Å². The average molecular weight is 247 g/mol. The van der Waals surface area contributed by atoms with E-state index in [1.807, 2.05) is 0 Å². The minimum absolute atomic E-state index is 0.100. The Balaban J connectivity index is 2.98. The van der Waals surface area contributed by atoms with E-state index in [2.05, 4.69) is 0 Å². The minimum Gasteiger partial charge on any atom is -0.396 e. The van der Waals surface area contributed by atoms with Crippen molar-refractivity contribution < 1.29 is 17.9 Å². The zero-order chi connectivity index (χ0) is 12.2. The zero-order valence-corrected chi connectivity index (χ0v) is 9.74. The molecule has 0 aliphatic carbocycles. The Morgan fingerprint density at radius 3 is 2.56 bits per heavy atom.